The third-order valence-electron chi connectivity index (χ3n) is 2.27. The van der Waals surface area contributed by atoms with Gasteiger partial charge < -0.3 is 9.47 Å². The highest BCUT2D eigenvalue weighted by Gasteiger charge is 2.08. The summed E-state index contributed by atoms with van der Waals surface area (Å²) < 4.78 is 10.9. The van der Waals surface area contributed by atoms with E-state index >= 15 is 0 Å². The maximum atomic E-state index is 5.82. The molecule has 20 heavy (non-hydrogen) atoms. The maximum absolute atomic E-state index is 5.82. The summed E-state index contributed by atoms with van der Waals surface area (Å²) in [5.74, 6) is 0.631. The van der Waals surface area contributed by atoms with E-state index in [1.165, 1.54) is 0 Å². The van der Waals surface area contributed by atoms with E-state index in [0.717, 1.165) is 11.3 Å². The van der Waals surface area contributed by atoms with Gasteiger partial charge in [0.1, 0.15) is 5.75 Å². The fourth-order valence-electron chi connectivity index (χ4n) is 1.37. The first kappa shape index (κ1) is 14.9. The quantitative estimate of drug-likeness (QED) is 0.756. The molecule has 0 unspecified atom stereocenters. The molecule has 5 nitrogen and oxygen atoms in total. The molecule has 2 rings (SSSR count). The monoisotopic (exact) mass is 311 g/mol. The zero-order chi connectivity index (χ0) is 14.4. The SMILES string of the molecule is CCCOc1nc(Cl)nc(Oc2ccc(SC)cc2)n1. The predicted octanol–water partition coefficient (Wildman–Crippen LogP) is 3.83. The lowest BCUT2D eigenvalue weighted by atomic mass is 10.3. The van der Waals surface area contributed by atoms with Crippen LogP contribution in [0.1, 0.15) is 13.3 Å². The van der Waals surface area contributed by atoms with Crippen molar-refractivity contribution in [2.45, 2.75) is 18.2 Å². The summed E-state index contributed by atoms with van der Waals surface area (Å²) in [5, 5.41) is 0.0434. The normalized spacial score (nSPS) is 10.3. The van der Waals surface area contributed by atoms with Crippen molar-refractivity contribution in [1.82, 2.24) is 15.0 Å². The van der Waals surface area contributed by atoms with E-state index in [-0.39, 0.29) is 17.3 Å². The lowest BCUT2D eigenvalue weighted by Gasteiger charge is -2.06. The topological polar surface area (TPSA) is 57.1 Å². The van der Waals surface area contributed by atoms with Gasteiger partial charge in [0.05, 0.1) is 6.61 Å². The second kappa shape index (κ2) is 7.31. The molecule has 0 spiro atoms. The van der Waals surface area contributed by atoms with E-state index in [0.29, 0.717) is 12.4 Å². The number of thioether (sulfide) groups is 1. The van der Waals surface area contributed by atoms with Gasteiger partial charge in [-0.05, 0) is 48.5 Å². The van der Waals surface area contributed by atoms with Crippen LogP contribution in [0, 0.1) is 0 Å². The van der Waals surface area contributed by atoms with Crippen molar-refractivity contribution < 1.29 is 9.47 Å². The summed E-state index contributed by atoms with van der Waals surface area (Å²) in [6.07, 6.45) is 2.87. The van der Waals surface area contributed by atoms with E-state index in [4.69, 9.17) is 21.1 Å². The molecule has 0 aliphatic rings. The zero-order valence-electron chi connectivity index (χ0n) is 11.2. The van der Waals surface area contributed by atoms with E-state index in [2.05, 4.69) is 15.0 Å². The molecule has 0 aliphatic carbocycles. The lowest BCUT2D eigenvalue weighted by Crippen LogP contribution is -2.03. The Morgan fingerprint density at radius 2 is 1.80 bits per heavy atom. The number of rotatable bonds is 6. The number of aromatic nitrogens is 3. The van der Waals surface area contributed by atoms with Gasteiger partial charge in [-0.1, -0.05) is 6.92 Å². The molecule has 0 N–H and O–H groups in total. The number of nitrogens with zero attached hydrogens (tertiary/aromatic N) is 3. The van der Waals surface area contributed by atoms with Gasteiger partial charge in [-0.25, -0.2) is 0 Å². The van der Waals surface area contributed by atoms with Gasteiger partial charge in [0.2, 0.25) is 5.28 Å². The Hall–Kier alpha value is -1.53. The largest absolute Gasteiger partial charge is 0.463 e. The third kappa shape index (κ3) is 4.25. The Kier molecular flexibility index (Phi) is 5.43. The molecule has 0 radical (unpaired) electrons. The van der Waals surface area contributed by atoms with E-state index in [1.54, 1.807) is 11.8 Å². The van der Waals surface area contributed by atoms with Crippen LogP contribution >= 0.6 is 23.4 Å². The minimum atomic E-state index is 0.0434. The van der Waals surface area contributed by atoms with Gasteiger partial charge in [-0.15, -0.1) is 16.7 Å². The Morgan fingerprint density at radius 1 is 1.10 bits per heavy atom. The summed E-state index contributed by atoms with van der Waals surface area (Å²) in [5.41, 5.74) is 0. The van der Waals surface area contributed by atoms with Crippen molar-refractivity contribution in [2.24, 2.45) is 0 Å². The standard InChI is InChI=1S/C13H14ClN3O2S/c1-3-8-18-12-15-11(14)16-13(17-12)19-9-4-6-10(20-2)7-5-9/h4-7H,3,8H2,1-2H3. The first-order valence-corrected chi connectivity index (χ1v) is 7.68. The molecule has 0 bridgehead atoms. The number of hydrogen-bond acceptors (Lipinski definition) is 6. The molecule has 106 valence electrons. The fraction of sp³-hybridized carbons (Fsp3) is 0.308. The molecule has 1 aromatic carbocycles. The highest BCUT2D eigenvalue weighted by molar-refractivity contribution is 7.98. The van der Waals surface area contributed by atoms with Crippen LogP contribution in [0.4, 0.5) is 0 Å². The molecule has 1 aromatic heterocycles. The zero-order valence-corrected chi connectivity index (χ0v) is 12.7. The Morgan fingerprint density at radius 3 is 2.45 bits per heavy atom. The Labute approximate surface area is 126 Å². The van der Waals surface area contributed by atoms with Gasteiger partial charge in [0.25, 0.3) is 0 Å². The molecule has 0 atom stereocenters. The smallest absolute Gasteiger partial charge is 0.329 e. The molecule has 0 saturated carbocycles. The molecule has 0 amide bonds. The Balaban J connectivity index is 2.12. The van der Waals surface area contributed by atoms with Crippen LogP contribution in [0.5, 0.6) is 17.8 Å². The number of halogens is 1. The summed E-state index contributed by atoms with van der Waals surface area (Å²) in [7, 11) is 0. The van der Waals surface area contributed by atoms with Gasteiger partial charge in [0, 0.05) is 4.90 Å². The maximum Gasteiger partial charge on any atom is 0.329 e. The summed E-state index contributed by atoms with van der Waals surface area (Å²) in [6.45, 7) is 2.51. The average Bonchev–Trinajstić information content (AvgIpc) is 2.45. The van der Waals surface area contributed by atoms with Gasteiger partial charge in [0.15, 0.2) is 0 Å². The number of ether oxygens (including phenoxy) is 2. The molecule has 7 heteroatoms. The summed E-state index contributed by atoms with van der Waals surface area (Å²) in [4.78, 5) is 13.0. The molecular formula is C13H14ClN3O2S. The molecule has 1 heterocycles. The molecule has 2 aromatic rings. The van der Waals surface area contributed by atoms with Crippen molar-refractivity contribution in [3.8, 4) is 17.8 Å². The van der Waals surface area contributed by atoms with Crippen LogP contribution < -0.4 is 9.47 Å². The number of benzene rings is 1. The van der Waals surface area contributed by atoms with Gasteiger partial charge in [-0.2, -0.15) is 9.97 Å². The summed E-state index contributed by atoms with van der Waals surface area (Å²) in [6, 6.07) is 7.89. The lowest BCUT2D eigenvalue weighted by molar-refractivity contribution is 0.284. The van der Waals surface area contributed by atoms with Crippen LogP contribution in [0.3, 0.4) is 0 Å². The predicted molar refractivity (Wildman–Crippen MR) is 78.9 cm³/mol. The van der Waals surface area contributed by atoms with Crippen LogP contribution in [0.2, 0.25) is 5.28 Å². The van der Waals surface area contributed by atoms with E-state index < -0.39 is 0 Å². The first-order chi connectivity index (χ1) is 9.71. The molecule has 0 aliphatic heterocycles. The minimum absolute atomic E-state index is 0.0434. The van der Waals surface area contributed by atoms with Crippen LogP contribution in [-0.2, 0) is 0 Å². The van der Waals surface area contributed by atoms with Gasteiger partial charge in [-0.3, -0.25) is 0 Å². The Bertz CT molecular complexity index is 566. The van der Waals surface area contributed by atoms with Crippen molar-refractivity contribution >= 4 is 23.4 Å². The highest BCUT2D eigenvalue weighted by Crippen LogP contribution is 2.23. The molecular weight excluding hydrogens is 298 g/mol. The number of hydrogen-bond donors (Lipinski definition) is 0. The van der Waals surface area contributed by atoms with Crippen molar-refractivity contribution in [3.05, 3.63) is 29.5 Å². The third-order valence-corrected chi connectivity index (χ3v) is 3.18. The van der Waals surface area contributed by atoms with Gasteiger partial charge >= 0.3 is 12.0 Å². The fourth-order valence-corrected chi connectivity index (χ4v) is 1.92. The second-order valence-electron chi connectivity index (χ2n) is 3.80. The van der Waals surface area contributed by atoms with Crippen molar-refractivity contribution in [1.29, 1.82) is 0 Å². The van der Waals surface area contributed by atoms with Crippen molar-refractivity contribution in [3.63, 3.8) is 0 Å². The average molecular weight is 312 g/mol. The van der Waals surface area contributed by atoms with Crippen LogP contribution in [-0.4, -0.2) is 27.8 Å². The molecule has 0 fully saturated rings. The first-order valence-electron chi connectivity index (χ1n) is 6.07. The van der Waals surface area contributed by atoms with E-state index in [1.807, 2.05) is 37.4 Å². The van der Waals surface area contributed by atoms with Crippen LogP contribution in [0.15, 0.2) is 29.2 Å². The van der Waals surface area contributed by atoms with E-state index in [9.17, 15) is 0 Å². The summed E-state index contributed by atoms with van der Waals surface area (Å²) >= 11 is 7.48. The highest BCUT2D eigenvalue weighted by atomic mass is 35.5. The van der Waals surface area contributed by atoms with Crippen LogP contribution in [0.25, 0.3) is 0 Å². The minimum Gasteiger partial charge on any atom is -0.463 e. The van der Waals surface area contributed by atoms with Crippen molar-refractivity contribution in [2.75, 3.05) is 12.9 Å². The second-order valence-corrected chi connectivity index (χ2v) is 5.01. The molecule has 0 saturated heterocycles.